The molecule has 0 radical (unpaired) electrons. The summed E-state index contributed by atoms with van der Waals surface area (Å²) in [5.41, 5.74) is 4.99. The van der Waals surface area contributed by atoms with E-state index in [1.165, 1.54) is 18.3 Å². The van der Waals surface area contributed by atoms with E-state index in [9.17, 15) is 23.3 Å². The molecule has 10 nitrogen and oxygen atoms in total. The number of nitro benzene ring substituents is 1. The molecule has 3 aromatic carbocycles. The van der Waals surface area contributed by atoms with E-state index >= 15 is 0 Å². The highest BCUT2D eigenvalue weighted by Crippen LogP contribution is 2.21. The van der Waals surface area contributed by atoms with Crippen molar-refractivity contribution in [3.8, 4) is 5.75 Å². The number of anilines is 1. The molecule has 0 saturated carbocycles. The van der Waals surface area contributed by atoms with E-state index in [1.807, 2.05) is 0 Å². The summed E-state index contributed by atoms with van der Waals surface area (Å²) in [6.07, 6.45) is 2.47. The third-order valence-corrected chi connectivity index (χ3v) is 6.03. The fourth-order valence-electron chi connectivity index (χ4n) is 3.10. The first-order valence-electron chi connectivity index (χ1n) is 10.4. The topological polar surface area (TPSA) is 131 Å². The number of nitrogens with one attached hydrogen (secondary N) is 1. The van der Waals surface area contributed by atoms with Gasteiger partial charge in [0.15, 0.2) is 0 Å². The number of nitrogens with zero attached hydrogens (tertiary/aromatic N) is 3. The molecule has 0 fully saturated rings. The highest BCUT2D eigenvalue weighted by atomic mass is 32.2. The van der Waals surface area contributed by atoms with Crippen LogP contribution in [0.1, 0.15) is 16.7 Å². The lowest BCUT2D eigenvalue weighted by molar-refractivity contribution is -0.384. The van der Waals surface area contributed by atoms with Crippen molar-refractivity contribution in [2.24, 2.45) is 5.10 Å². The Hall–Kier alpha value is -4.25. The van der Waals surface area contributed by atoms with E-state index in [0.717, 1.165) is 21.7 Å². The molecule has 0 unspecified atom stereocenters. The van der Waals surface area contributed by atoms with Crippen LogP contribution in [0.25, 0.3) is 0 Å². The van der Waals surface area contributed by atoms with Gasteiger partial charge in [-0.15, -0.1) is 0 Å². The van der Waals surface area contributed by atoms with Crippen molar-refractivity contribution in [1.82, 2.24) is 5.43 Å². The van der Waals surface area contributed by atoms with Crippen LogP contribution in [-0.2, 0) is 21.4 Å². The van der Waals surface area contributed by atoms with E-state index in [1.54, 1.807) is 67.6 Å². The van der Waals surface area contributed by atoms with Gasteiger partial charge in [0.2, 0.25) is 10.0 Å². The van der Waals surface area contributed by atoms with Crippen molar-refractivity contribution < 1.29 is 22.9 Å². The lowest BCUT2D eigenvalue weighted by Gasteiger charge is -2.23. The molecular formula is C24H24N4O6S. The van der Waals surface area contributed by atoms with Crippen molar-refractivity contribution in [1.29, 1.82) is 0 Å². The highest BCUT2D eigenvalue weighted by Gasteiger charge is 2.21. The zero-order chi connectivity index (χ0) is 25.4. The number of ether oxygens (including phenoxy) is 1. The molecule has 0 aliphatic heterocycles. The number of sulfonamides is 1. The second-order valence-corrected chi connectivity index (χ2v) is 9.54. The Bertz CT molecular complexity index is 1320. The molecule has 0 bridgehead atoms. The van der Waals surface area contributed by atoms with E-state index in [4.69, 9.17) is 4.74 Å². The average Bonchev–Trinajstić information content (AvgIpc) is 2.82. The summed E-state index contributed by atoms with van der Waals surface area (Å²) >= 11 is 0. The number of nitro groups is 1. The van der Waals surface area contributed by atoms with Crippen molar-refractivity contribution in [2.45, 2.75) is 13.5 Å². The third-order valence-electron chi connectivity index (χ3n) is 4.91. The maximum absolute atomic E-state index is 12.3. The molecule has 3 rings (SSSR count). The summed E-state index contributed by atoms with van der Waals surface area (Å²) in [4.78, 5) is 22.6. The molecule has 3 aromatic rings. The number of amides is 1. The Morgan fingerprint density at radius 3 is 2.34 bits per heavy atom. The first-order chi connectivity index (χ1) is 16.6. The molecule has 0 heterocycles. The third kappa shape index (κ3) is 7.37. The van der Waals surface area contributed by atoms with Gasteiger partial charge >= 0.3 is 0 Å². The second kappa shape index (κ2) is 11.3. The summed E-state index contributed by atoms with van der Waals surface area (Å²) < 4.78 is 31.1. The van der Waals surface area contributed by atoms with Crippen LogP contribution >= 0.6 is 0 Å². The van der Waals surface area contributed by atoms with Crippen molar-refractivity contribution in [3.05, 3.63) is 99.6 Å². The number of non-ortho nitro benzene ring substituents is 1. The number of hydrogen-bond acceptors (Lipinski definition) is 7. The van der Waals surface area contributed by atoms with Gasteiger partial charge in [0.1, 0.15) is 18.9 Å². The molecular weight excluding hydrogens is 472 g/mol. The number of aryl methyl sites for hydroxylation is 1. The largest absolute Gasteiger partial charge is 0.489 e. The van der Waals surface area contributed by atoms with Crippen molar-refractivity contribution >= 4 is 33.5 Å². The fourth-order valence-corrected chi connectivity index (χ4v) is 4.01. The first kappa shape index (κ1) is 25.4. The van der Waals surface area contributed by atoms with Crippen LogP contribution in [0.3, 0.4) is 0 Å². The molecule has 0 saturated heterocycles. The summed E-state index contributed by atoms with van der Waals surface area (Å²) in [6, 6.07) is 19.9. The van der Waals surface area contributed by atoms with Crippen LogP contribution in [0.15, 0.2) is 77.9 Å². The van der Waals surface area contributed by atoms with Crippen LogP contribution in [0.5, 0.6) is 5.75 Å². The fraction of sp³-hybridized carbons (Fsp3) is 0.167. The molecule has 0 aliphatic carbocycles. The molecule has 1 N–H and O–H groups in total. The van der Waals surface area contributed by atoms with E-state index in [2.05, 4.69) is 10.5 Å². The van der Waals surface area contributed by atoms with E-state index in [0.29, 0.717) is 17.0 Å². The molecule has 35 heavy (non-hydrogen) atoms. The summed E-state index contributed by atoms with van der Waals surface area (Å²) in [7, 11) is -3.67. The normalized spacial score (nSPS) is 11.3. The minimum atomic E-state index is -3.67. The van der Waals surface area contributed by atoms with Gasteiger partial charge in [0.25, 0.3) is 11.6 Å². The molecule has 1 amide bonds. The molecule has 182 valence electrons. The Morgan fingerprint density at radius 1 is 1.09 bits per heavy atom. The minimum Gasteiger partial charge on any atom is -0.489 e. The predicted octanol–water partition coefficient (Wildman–Crippen LogP) is 3.40. The van der Waals surface area contributed by atoms with Gasteiger partial charge in [-0.2, -0.15) is 5.10 Å². The Labute approximate surface area is 203 Å². The maximum Gasteiger partial charge on any atom is 0.269 e. The average molecular weight is 497 g/mol. The van der Waals surface area contributed by atoms with Gasteiger partial charge in [-0.05, 0) is 66.1 Å². The van der Waals surface area contributed by atoms with Gasteiger partial charge in [0.05, 0.1) is 23.1 Å². The van der Waals surface area contributed by atoms with Gasteiger partial charge < -0.3 is 4.74 Å². The number of carbonyl (C=O) groups is 1. The van der Waals surface area contributed by atoms with Crippen LogP contribution in [0.2, 0.25) is 0 Å². The van der Waals surface area contributed by atoms with Crippen LogP contribution in [-0.4, -0.2) is 38.3 Å². The summed E-state index contributed by atoms with van der Waals surface area (Å²) in [5, 5.41) is 14.6. The standard InChI is InChI=1S/C24H24N4O6S/c1-18-5-3-4-6-23(18)27(35(2,32)33)16-24(29)26-25-15-19-9-13-22(14-10-19)34-17-20-7-11-21(12-8-20)28(30)31/h3-15H,16-17H2,1-2H3,(H,26,29)/b25-15-. The SMILES string of the molecule is Cc1ccccc1N(CC(=O)N/N=C\c1ccc(OCc2ccc([N+](=O)[O-])cc2)cc1)S(C)(=O)=O. The monoisotopic (exact) mass is 496 g/mol. The number of rotatable bonds is 10. The lowest BCUT2D eigenvalue weighted by atomic mass is 10.2. The van der Waals surface area contributed by atoms with Gasteiger partial charge in [-0.1, -0.05) is 18.2 Å². The zero-order valence-electron chi connectivity index (χ0n) is 19.1. The quantitative estimate of drug-likeness (QED) is 0.260. The first-order valence-corrected chi connectivity index (χ1v) is 12.3. The highest BCUT2D eigenvalue weighted by molar-refractivity contribution is 7.92. The van der Waals surface area contributed by atoms with Crippen molar-refractivity contribution in [2.75, 3.05) is 17.1 Å². The van der Waals surface area contributed by atoms with Gasteiger partial charge in [-0.3, -0.25) is 19.2 Å². The van der Waals surface area contributed by atoms with Gasteiger partial charge in [0, 0.05) is 12.1 Å². The zero-order valence-corrected chi connectivity index (χ0v) is 19.9. The maximum atomic E-state index is 12.3. The number of hydrogen-bond donors (Lipinski definition) is 1. The van der Waals surface area contributed by atoms with Crippen molar-refractivity contribution in [3.63, 3.8) is 0 Å². The molecule has 0 atom stereocenters. The molecule has 0 spiro atoms. The number of carbonyl (C=O) groups excluding carboxylic acids is 1. The number of para-hydroxylation sites is 1. The summed E-state index contributed by atoms with van der Waals surface area (Å²) in [5.74, 6) is 0.00421. The molecule has 0 aliphatic rings. The Kier molecular flexibility index (Phi) is 8.16. The predicted molar refractivity (Wildman–Crippen MR) is 133 cm³/mol. The van der Waals surface area contributed by atoms with Crippen LogP contribution in [0.4, 0.5) is 11.4 Å². The molecule has 11 heteroatoms. The summed E-state index contributed by atoms with van der Waals surface area (Å²) in [6.45, 7) is 1.61. The number of benzene rings is 3. The van der Waals surface area contributed by atoms with Crippen LogP contribution in [0, 0.1) is 17.0 Å². The lowest BCUT2D eigenvalue weighted by Crippen LogP contribution is -2.39. The van der Waals surface area contributed by atoms with Gasteiger partial charge in [-0.25, -0.2) is 13.8 Å². The van der Waals surface area contributed by atoms with Crippen LogP contribution < -0.4 is 14.5 Å². The Morgan fingerprint density at radius 2 is 1.74 bits per heavy atom. The number of hydrazone groups is 1. The second-order valence-electron chi connectivity index (χ2n) is 7.63. The molecule has 0 aromatic heterocycles. The van der Waals surface area contributed by atoms with E-state index in [-0.39, 0.29) is 12.3 Å². The smallest absolute Gasteiger partial charge is 0.269 e. The Balaban J connectivity index is 1.53. The van der Waals surface area contributed by atoms with E-state index < -0.39 is 27.4 Å². The minimum absolute atomic E-state index is 0.0173.